The van der Waals surface area contributed by atoms with Crippen molar-refractivity contribution in [1.29, 1.82) is 0 Å². The van der Waals surface area contributed by atoms with Gasteiger partial charge in [0.1, 0.15) is 24.3 Å². The van der Waals surface area contributed by atoms with E-state index in [0.717, 1.165) is 22.7 Å². The van der Waals surface area contributed by atoms with Crippen molar-refractivity contribution >= 4 is 0 Å². The molecule has 0 spiro atoms. The number of hydrogen-bond acceptors (Lipinski definition) is 4. The molecule has 1 aliphatic rings. The summed E-state index contributed by atoms with van der Waals surface area (Å²) in [5.74, 6) is 1.69. The molecule has 27 heavy (non-hydrogen) atoms. The molecular weight excluding hydrogens is 340 g/mol. The minimum Gasteiger partial charge on any atom is -0.488 e. The van der Waals surface area contributed by atoms with Crippen LogP contribution in [0.3, 0.4) is 0 Å². The average molecular weight is 364 g/mol. The van der Waals surface area contributed by atoms with Crippen molar-refractivity contribution in [1.82, 2.24) is 9.55 Å². The van der Waals surface area contributed by atoms with Gasteiger partial charge in [0, 0.05) is 19.0 Å². The van der Waals surface area contributed by atoms with Crippen molar-refractivity contribution in [3.63, 3.8) is 0 Å². The van der Waals surface area contributed by atoms with E-state index in [4.69, 9.17) is 14.2 Å². The molecule has 0 unspecified atom stereocenters. The van der Waals surface area contributed by atoms with Gasteiger partial charge in [-0.1, -0.05) is 42.5 Å². The molecule has 1 fully saturated rings. The molecule has 140 valence electrons. The van der Waals surface area contributed by atoms with Gasteiger partial charge in [0.25, 0.3) is 0 Å². The van der Waals surface area contributed by atoms with Crippen LogP contribution in [0.4, 0.5) is 0 Å². The van der Waals surface area contributed by atoms with E-state index in [-0.39, 0.29) is 12.1 Å². The number of benzene rings is 2. The Kier molecular flexibility index (Phi) is 5.51. The lowest BCUT2D eigenvalue weighted by molar-refractivity contribution is 0.0364. The van der Waals surface area contributed by atoms with Crippen molar-refractivity contribution in [2.45, 2.75) is 25.7 Å². The maximum Gasteiger partial charge on any atom is 0.144 e. The molecule has 0 radical (unpaired) electrons. The predicted molar refractivity (Wildman–Crippen MR) is 104 cm³/mol. The van der Waals surface area contributed by atoms with Crippen LogP contribution >= 0.6 is 0 Å². The molecular formula is C22H24N2O3. The van der Waals surface area contributed by atoms with Crippen LogP contribution in [0.1, 0.15) is 18.5 Å². The van der Waals surface area contributed by atoms with Gasteiger partial charge < -0.3 is 18.8 Å². The van der Waals surface area contributed by atoms with Crippen molar-refractivity contribution < 1.29 is 14.2 Å². The van der Waals surface area contributed by atoms with E-state index in [1.165, 1.54) is 0 Å². The number of aromatic nitrogens is 2. The molecule has 1 aromatic heterocycles. The molecule has 0 bridgehead atoms. The zero-order chi connectivity index (χ0) is 18.5. The van der Waals surface area contributed by atoms with Crippen LogP contribution < -0.4 is 4.74 Å². The summed E-state index contributed by atoms with van der Waals surface area (Å²) in [5, 5.41) is 0. The van der Waals surface area contributed by atoms with Gasteiger partial charge in [0.05, 0.1) is 24.8 Å². The Morgan fingerprint density at radius 3 is 2.74 bits per heavy atom. The van der Waals surface area contributed by atoms with Gasteiger partial charge in [0.15, 0.2) is 0 Å². The maximum absolute atomic E-state index is 6.12. The molecule has 0 N–H and O–H groups in total. The molecule has 2 aromatic carbocycles. The summed E-state index contributed by atoms with van der Waals surface area (Å²) in [5.41, 5.74) is 2.11. The van der Waals surface area contributed by atoms with Crippen LogP contribution in [0.15, 0.2) is 67.0 Å². The first-order chi connectivity index (χ1) is 13.4. The maximum atomic E-state index is 6.12. The normalized spacial score (nSPS) is 19.3. The standard InChI is InChI=1S/C22H24N2O3/c1-2-26-21-16-25-15-19(21)24-13-12-23-22(24)18-10-6-7-11-20(18)27-14-17-8-4-3-5-9-17/h3-13,19,21H,2,14-16H2,1H3/t19-,21-/m0/s1. The Labute approximate surface area is 159 Å². The van der Waals surface area contributed by atoms with Gasteiger partial charge in [-0.05, 0) is 24.6 Å². The van der Waals surface area contributed by atoms with Crippen molar-refractivity contribution in [3.05, 3.63) is 72.6 Å². The molecule has 3 aromatic rings. The lowest BCUT2D eigenvalue weighted by atomic mass is 10.1. The summed E-state index contributed by atoms with van der Waals surface area (Å²) in [6.07, 6.45) is 3.86. The zero-order valence-corrected chi connectivity index (χ0v) is 15.5. The van der Waals surface area contributed by atoms with Gasteiger partial charge in [-0.3, -0.25) is 0 Å². The van der Waals surface area contributed by atoms with Crippen LogP contribution in [-0.2, 0) is 16.1 Å². The predicted octanol–water partition coefficient (Wildman–Crippen LogP) is 4.11. The second-order valence-corrected chi connectivity index (χ2v) is 6.53. The third kappa shape index (κ3) is 3.89. The van der Waals surface area contributed by atoms with E-state index < -0.39 is 0 Å². The topological polar surface area (TPSA) is 45.5 Å². The minimum atomic E-state index is 0.0420. The van der Waals surface area contributed by atoms with Crippen LogP contribution in [0.5, 0.6) is 5.75 Å². The van der Waals surface area contributed by atoms with Gasteiger partial charge in [0.2, 0.25) is 0 Å². The number of imidazole rings is 1. The summed E-state index contributed by atoms with van der Waals surface area (Å²) in [7, 11) is 0. The van der Waals surface area contributed by atoms with Crippen LogP contribution in [0.2, 0.25) is 0 Å². The number of para-hydroxylation sites is 1. The Balaban J connectivity index is 1.60. The molecule has 5 heteroatoms. The van der Waals surface area contributed by atoms with E-state index >= 15 is 0 Å². The van der Waals surface area contributed by atoms with Gasteiger partial charge in [-0.15, -0.1) is 0 Å². The lowest BCUT2D eigenvalue weighted by Gasteiger charge is -2.21. The number of ether oxygens (including phenoxy) is 3. The lowest BCUT2D eigenvalue weighted by Crippen LogP contribution is -2.25. The molecule has 0 saturated carbocycles. The van der Waals surface area contributed by atoms with E-state index in [2.05, 4.69) is 21.7 Å². The SMILES string of the molecule is CCO[C@H]1COC[C@@H]1n1ccnc1-c1ccccc1OCc1ccccc1. The van der Waals surface area contributed by atoms with Gasteiger partial charge in [-0.25, -0.2) is 4.98 Å². The molecule has 5 nitrogen and oxygen atoms in total. The third-order valence-corrected chi connectivity index (χ3v) is 4.77. The average Bonchev–Trinajstić information content (AvgIpc) is 3.37. The zero-order valence-electron chi connectivity index (χ0n) is 15.5. The summed E-state index contributed by atoms with van der Waals surface area (Å²) in [4.78, 5) is 4.61. The molecule has 2 heterocycles. The van der Waals surface area contributed by atoms with E-state index in [1.54, 1.807) is 0 Å². The van der Waals surface area contributed by atoms with Gasteiger partial charge in [-0.2, -0.15) is 0 Å². The number of hydrogen-bond donors (Lipinski definition) is 0. The Morgan fingerprint density at radius 1 is 1.07 bits per heavy atom. The quantitative estimate of drug-likeness (QED) is 0.633. The molecule has 4 rings (SSSR count). The largest absolute Gasteiger partial charge is 0.488 e. The van der Waals surface area contributed by atoms with Crippen LogP contribution in [0, 0.1) is 0 Å². The first-order valence-corrected chi connectivity index (χ1v) is 9.35. The molecule has 1 aliphatic heterocycles. The van der Waals surface area contributed by atoms with E-state index in [1.807, 2.05) is 61.8 Å². The van der Waals surface area contributed by atoms with Crippen molar-refractivity contribution in [2.75, 3.05) is 19.8 Å². The van der Waals surface area contributed by atoms with Crippen molar-refractivity contribution in [2.24, 2.45) is 0 Å². The van der Waals surface area contributed by atoms with Crippen LogP contribution in [0.25, 0.3) is 11.4 Å². The molecule has 2 atom stereocenters. The highest BCUT2D eigenvalue weighted by Crippen LogP contribution is 2.33. The Hall–Kier alpha value is -2.63. The first-order valence-electron chi connectivity index (χ1n) is 9.35. The highest BCUT2D eigenvalue weighted by molar-refractivity contribution is 5.64. The van der Waals surface area contributed by atoms with E-state index in [0.29, 0.717) is 26.4 Å². The summed E-state index contributed by atoms with van der Waals surface area (Å²) in [6.45, 7) is 4.44. The smallest absolute Gasteiger partial charge is 0.144 e. The summed E-state index contributed by atoms with van der Waals surface area (Å²) >= 11 is 0. The molecule has 0 amide bonds. The first kappa shape index (κ1) is 17.8. The third-order valence-electron chi connectivity index (χ3n) is 4.77. The number of nitrogens with zero attached hydrogens (tertiary/aromatic N) is 2. The monoisotopic (exact) mass is 364 g/mol. The molecule has 0 aliphatic carbocycles. The van der Waals surface area contributed by atoms with E-state index in [9.17, 15) is 0 Å². The summed E-state index contributed by atoms with van der Waals surface area (Å²) < 4.78 is 19.8. The fraction of sp³-hybridized carbons (Fsp3) is 0.318. The number of rotatable bonds is 7. The second kappa shape index (κ2) is 8.37. The van der Waals surface area contributed by atoms with Crippen LogP contribution in [-0.4, -0.2) is 35.5 Å². The highest BCUT2D eigenvalue weighted by Gasteiger charge is 2.32. The molecule has 1 saturated heterocycles. The van der Waals surface area contributed by atoms with Gasteiger partial charge >= 0.3 is 0 Å². The van der Waals surface area contributed by atoms with Crippen molar-refractivity contribution in [3.8, 4) is 17.1 Å². The fourth-order valence-corrected chi connectivity index (χ4v) is 3.46. The Bertz CT molecular complexity index is 863. The highest BCUT2D eigenvalue weighted by atomic mass is 16.5. The summed E-state index contributed by atoms with van der Waals surface area (Å²) in [6, 6.07) is 18.3. The Morgan fingerprint density at radius 2 is 1.89 bits per heavy atom. The minimum absolute atomic E-state index is 0.0420. The second-order valence-electron chi connectivity index (χ2n) is 6.53. The fourth-order valence-electron chi connectivity index (χ4n) is 3.46.